The van der Waals surface area contributed by atoms with Crippen LogP contribution >= 0.6 is 11.6 Å². The number of nitrogens with zero attached hydrogens (tertiary/aromatic N) is 3. The zero-order chi connectivity index (χ0) is 36.1. The van der Waals surface area contributed by atoms with Gasteiger partial charge < -0.3 is 5.11 Å². The number of hydrogen-bond donors (Lipinski definition) is 1. The minimum atomic E-state index is -4.84. The van der Waals surface area contributed by atoms with Gasteiger partial charge in [-0.2, -0.15) is 23.7 Å². The molecule has 50 heavy (non-hydrogen) atoms. The molecule has 0 aliphatic heterocycles. The zero-order valence-corrected chi connectivity index (χ0v) is 26.5. The van der Waals surface area contributed by atoms with E-state index in [-0.39, 0.29) is 60.6 Å². The molecule has 1 aromatic heterocycles. The second-order valence-electron chi connectivity index (χ2n) is 10.8. The molecular weight excluding hydrogens is 701 g/mol. The van der Waals surface area contributed by atoms with Gasteiger partial charge in [0.15, 0.2) is 0 Å². The van der Waals surface area contributed by atoms with E-state index in [0.717, 1.165) is 46.4 Å². The Balaban J connectivity index is 1.76. The molecule has 5 aromatic carbocycles. The van der Waals surface area contributed by atoms with Crippen molar-refractivity contribution in [2.45, 2.75) is 11.1 Å². The number of carboxylic acids is 1. The van der Waals surface area contributed by atoms with Crippen molar-refractivity contribution in [3.8, 4) is 45.6 Å². The molecule has 0 fully saturated rings. The van der Waals surface area contributed by atoms with E-state index in [0.29, 0.717) is 12.1 Å². The highest BCUT2D eigenvalue weighted by Crippen LogP contribution is 2.46. The summed E-state index contributed by atoms with van der Waals surface area (Å²) in [6.45, 7) is 0. The van der Waals surface area contributed by atoms with Gasteiger partial charge >= 0.3 is 12.1 Å². The number of fused-ring (bicyclic) bond motifs is 1. The first-order chi connectivity index (χ1) is 23.7. The van der Waals surface area contributed by atoms with E-state index in [9.17, 15) is 50.8 Å². The Kier molecular flexibility index (Phi) is 8.44. The molecule has 0 saturated carbocycles. The molecule has 1 N–H and O–H groups in total. The van der Waals surface area contributed by atoms with Crippen molar-refractivity contribution in [2.24, 2.45) is 0 Å². The maximum Gasteiger partial charge on any atom is 0.416 e. The predicted octanol–water partition coefficient (Wildman–Crippen LogP) is 9.27. The summed E-state index contributed by atoms with van der Waals surface area (Å²) in [5, 5.41) is 29.3. The third-order valence-corrected chi connectivity index (χ3v) is 9.94. The Morgan fingerprint density at radius 1 is 0.800 bits per heavy atom. The second-order valence-corrected chi connectivity index (χ2v) is 13.0. The van der Waals surface area contributed by atoms with Gasteiger partial charge in [-0.25, -0.2) is 26.0 Å². The summed E-state index contributed by atoms with van der Waals surface area (Å²) in [6, 6.07) is 21.5. The summed E-state index contributed by atoms with van der Waals surface area (Å²) in [5.41, 5.74) is -2.19. The maximum absolute atomic E-state index is 15.0. The molecule has 6 rings (SSSR count). The molecule has 0 radical (unpaired) electrons. The van der Waals surface area contributed by atoms with Crippen LogP contribution < -0.4 is 0 Å². The summed E-state index contributed by atoms with van der Waals surface area (Å²) in [4.78, 5) is 10.9. The first kappa shape index (κ1) is 33.9. The lowest BCUT2D eigenvalue weighted by molar-refractivity contribution is -0.137. The molecule has 0 atom stereocenters. The number of carbonyl (C=O) groups is 1. The van der Waals surface area contributed by atoms with E-state index >= 15 is 0 Å². The Morgan fingerprint density at radius 3 is 2.02 bits per heavy atom. The van der Waals surface area contributed by atoms with Crippen LogP contribution in [0, 0.1) is 34.3 Å². The fourth-order valence-electron chi connectivity index (χ4n) is 5.69. The van der Waals surface area contributed by atoms with Gasteiger partial charge in [-0.15, -0.1) is 0 Å². The van der Waals surface area contributed by atoms with E-state index in [2.05, 4.69) is 0 Å². The van der Waals surface area contributed by atoms with Crippen LogP contribution in [0.25, 0.3) is 44.4 Å². The first-order valence-electron chi connectivity index (χ1n) is 14.2. The average Bonchev–Trinajstić information content (AvgIpc) is 3.42. The zero-order valence-electron chi connectivity index (χ0n) is 24.9. The second kappa shape index (κ2) is 12.5. The molecule has 248 valence electrons. The van der Waals surface area contributed by atoms with Crippen LogP contribution in [0.4, 0.5) is 22.0 Å². The number of nitriles is 2. The molecule has 0 aliphatic carbocycles. The molecule has 0 amide bonds. The Labute approximate surface area is 285 Å². The quantitative estimate of drug-likeness (QED) is 0.171. The van der Waals surface area contributed by atoms with Crippen molar-refractivity contribution in [1.29, 1.82) is 10.5 Å². The van der Waals surface area contributed by atoms with Gasteiger partial charge in [0.05, 0.1) is 50.5 Å². The van der Waals surface area contributed by atoms with Crippen LogP contribution in [0.15, 0.2) is 102 Å². The fraction of sp³-hybridized carbons (Fsp3) is 0.0278. The average molecular weight is 718 g/mol. The Hall–Kier alpha value is -6.02. The Bertz CT molecular complexity index is 2560. The van der Waals surface area contributed by atoms with Gasteiger partial charge in [-0.1, -0.05) is 35.9 Å². The van der Waals surface area contributed by atoms with Crippen molar-refractivity contribution in [3.63, 3.8) is 0 Å². The van der Waals surface area contributed by atoms with Crippen LogP contribution in [0.1, 0.15) is 27.0 Å². The highest BCUT2D eigenvalue weighted by atomic mass is 35.5. The van der Waals surface area contributed by atoms with E-state index in [1.165, 1.54) is 42.5 Å². The molecule has 0 aliphatic rings. The highest BCUT2D eigenvalue weighted by molar-refractivity contribution is 7.90. The van der Waals surface area contributed by atoms with Gasteiger partial charge in [-0.05, 0) is 78.4 Å². The van der Waals surface area contributed by atoms with E-state index in [4.69, 9.17) is 11.6 Å². The third kappa shape index (κ3) is 5.72. The molecule has 0 saturated heterocycles. The number of rotatable bonds is 6. The monoisotopic (exact) mass is 717 g/mol. The lowest BCUT2D eigenvalue weighted by atomic mass is 9.90. The third-order valence-electron chi connectivity index (χ3n) is 7.90. The summed E-state index contributed by atoms with van der Waals surface area (Å²) in [6.07, 6.45) is -4.77. The smallest absolute Gasteiger partial charge is 0.416 e. The number of aromatic carboxylic acids is 1. The lowest BCUT2D eigenvalue weighted by Crippen LogP contribution is -2.15. The maximum atomic E-state index is 15.0. The summed E-state index contributed by atoms with van der Waals surface area (Å²) < 4.78 is 99.8. The number of aromatic nitrogens is 1. The molecule has 14 heteroatoms. The number of benzene rings is 5. The molecule has 0 bridgehead atoms. The van der Waals surface area contributed by atoms with Crippen molar-refractivity contribution < 1.29 is 40.3 Å². The van der Waals surface area contributed by atoms with Crippen LogP contribution in [-0.2, 0) is 16.2 Å². The van der Waals surface area contributed by atoms with Crippen molar-refractivity contribution in [3.05, 3.63) is 136 Å². The van der Waals surface area contributed by atoms with Crippen molar-refractivity contribution in [1.82, 2.24) is 3.97 Å². The fourth-order valence-corrected chi connectivity index (χ4v) is 7.51. The molecule has 0 spiro atoms. The minimum absolute atomic E-state index is 0.0204. The van der Waals surface area contributed by atoms with E-state index in [1.807, 2.05) is 12.1 Å². The van der Waals surface area contributed by atoms with E-state index in [1.54, 1.807) is 0 Å². The SMILES string of the molecule is N#Cc1cccc(C#N)c1-c1c(-c2cccc(-c3cc(F)c(C(=O)O)cc3Cl)c2)n(S(=O)(=O)c2ccc(C(F)(F)F)cc2)c2ccc(F)cc12. The van der Waals surface area contributed by atoms with Crippen LogP contribution in [0.2, 0.25) is 5.02 Å². The van der Waals surface area contributed by atoms with E-state index < -0.39 is 49.8 Å². The summed E-state index contributed by atoms with van der Waals surface area (Å²) in [7, 11) is -4.84. The predicted molar refractivity (Wildman–Crippen MR) is 174 cm³/mol. The molecule has 0 unspecified atom stereocenters. The number of carboxylic acid groups (broad SMARTS) is 1. The molecule has 1 heterocycles. The molecule has 6 aromatic rings. The Morgan fingerprint density at radius 2 is 1.42 bits per heavy atom. The van der Waals surface area contributed by atoms with Gasteiger partial charge in [0.1, 0.15) is 11.6 Å². The highest BCUT2D eigenvalue weighted by Gasteiger charge is 2.34. The largest absolute Gasteiger partial charge is 0.478 e. The van der Waals surface area contributed by atoms with Crippen LogP contribution in [0.3, 0.4) is 0 Å². The topological polar surface area (TPSA) is 124 Å². The van der Waals surface area contributed by atoms with Crippen molar-refractivity contribution in [2.75, 3.05) is 0 Å². The van der Waals surface area contributed by atoms with Gasteiger partial charge in [0, 0.05) is 32.7 Å². The van der Waals surface area contributed by atoms with Crippen LogP contribution in [0.5, 0.6) is 0 Å². The standard InChI is InChI=1S/C36H17ClF5N3O4S/c37-29-15-27(35(46)47)30(39)16-26(29)19-3-1-4-20(13-19)34-33(32-21(17-43)5-2-6-22(32)18-44)28-14-24(38)9-12-31(28)45(34)50(48,49)25-10-7-23(8-11-25)36(40,41)42/h1-16H,(H,46,47). The van der Waals surface area contributed by atoms with Crippen molar-refractivity contribution >= 4 is 38.5 Å². The van der Waals surface area contributed by atoms with Crippen LogP contribution in [-0.4, -0.2) is 23.5 Å². The summed E-state index contributed by atoms with van der Waals surface area (Å²) >= 11 is 6.37. The van der Waals surface area contributed by atoms with Gasteiger partial charge in [-0.3, -0.25) is 0 Å². The number of hydrogen-bond acceptors (Lipinski definition) is 5. The normalized spacial score (nSPS) is 11.7. The molecular formula is C36H17ClF5N3O4S. The van der Waals surface area contributed by atoms with Gasteiger partial charge in [0.2, 0.25) is 0 Å². The van der Waals surface area contributed by atoms with Gasteiger partial charge in [0.25, 0.3) is 10.0 Å². The number of alkyl halides is 3. The minimum Gasteiger partial charge on any atom is -0.478 e. The first-order valence-corrected chi connectivity index (χ1v) is 16.0. The molecule has 7 nitrogen and oxygen atoms in total. The number of halogens is 6. The lowest BCUT2D eigenvalue weighted by Gasteiger charge is -2.16. The summed E-state index contributed by atoms with van der Waals surface area (Å²) in [5.74, 6) is -3.49.